The second kappa shape index (κ2) is 5.87. The Hall–Kier alpha value is -2.55. The Labute approximate surface area is 111 Å². The molecule has 96 valence electrons. The summed E-state index contributed by atoms with van der Waals surface area (Å²) in [6.07, 6.45) is 2.17. The number of carbonyl (C=O) groups excluding carboxylic acids is 1. The first kappa shape index (κ1) is 12.9. The largest absolute Gasteiger partial charge is 0.508 e. The van der Waals surface area contributed by atoms with Gasteiger partial charge in [-0.2, -0.15) is 0 Å². The highest BCUT2D eigenvalue weighted by atomic mass is 16.5. The summed E-state index contributed by atoms with van der Waals surface area (Å²) in [5, 5.41) is 9.45. The minimum absolute atomic E-state index is 0.119. The maximum atomic E-state index is 12.1. The zero-order chi connectivity index (χ0) is 13.7. The first-order valence-electron chi connectivity index (χ1n) is 5.90. The van der Waals surface area contributed by atoms with Crippen LogP contribution in [-0.4, -0.2) is 11.1 Å². The Bertz CT molecular complexity index is 588. The van der Waals surface area contributed by atoms with Gasteiger partial charge in [-0.3, -0.25) is 0 Å². The summed E-state index contributed by atoms with van der Waals surface area (Å²) < 4.78 is 5.27. The van der Waals surface area contributed by atoms with Gasteiger partial charge in [0.2, 0.25) is 0 Å². The molecule has 0 unspecified atom stereocenters. The molecule has 0 aliphatic heterocycles. The molecule has 0 saturated heterocycles. The molecule has 1 N–H and O–H groups in total. The molecular weight excluding hydrogens is 240 g/mol. The maximum absolute atomic E-state index is 12.1. The van der Waals surface area contributed by atoms with Gasteiger partial charge in [0.25, 0.3) is 0 Å². The first-order chi connectivity index (χ1) is 9.20. The van der Waals surface area contributed by atoms with Gasteiger partial charge in [0.15, 0.2) is 0 Å². The smallest absolute Gasteiger partial charge is 0.343 e. The van der Waals surface area contributed by atoms with E-state index in [0.717, 1.165) is 0 Å². The van der Waals surface area contributed by atoms with Crippen molar-refractivity contribution in [2.75, 3.05) is 0 Å². The summed E-state index contributed by atoms with van der Waals surface area (Å²) in [4.78, 5) is 12.1. The lowest BCUT2D eigenvalue weighted by atomic mass is 10.0. The average molecular weight is 254 g/mol. The highest BCUT2D eigenvalue weighted by Crippen LogP contribution is 2.20. The predicted octanol–water partition coefficient (Wildman–Crippen LogP) is 3.34. The van der Waals surface area contributed by atoms with Crippen molar-refractivity contribution in [3.63, 3.8) is 0 Å². The van der Waals surface area contributed by atoms with Gasteiger partial charge >= 0.3 is 5.97 Å². The van der Waals surface area contributed by atoms with Crippen molar-refractivity contribution >= 4 is 5.97 Å². The van der Waals surface area contributed by atoms with E-state index in [2.05, 4.69) is 6.58 Å². The molecule has 0 atom stereocenters. The Kier molecular flexibility index (Phi) is 3.98. The maximum Gasteiger partial charge on any atom is 0.343 e. The van der Waals surface area contributed by atoms with E-state index in [-0.39, 0.29) is 5.75 Å². The van der Waals surface area contributed by atoms with Gasteiger partial charge in [-0.05, 0) is 42.3 Å². The summed E-state index contributed by atoms with van der Waals surface area (Å²) in [6.45, 7) is 3.64. The number of hydrogen-bond acceptors (Lipinski definition) is 3. The van der Waals surface area contributed by atoms with Crippen LogP contribution in [0.3, 0.4) is 0 Å². The van der Waals surface area contributed by atoms with E-state index in [4.69, 9.17) is 4.74 Å². The lowest BCUT2D eigenvalue weighted by Gasteiger charge is -2.08. The number of ether oxygens (including phenoxy) is 1. The van der Waals surface area contributed by atoms with Crippen molar-refractivity contribution < 1.29 is 14.6 Å². The van der Waals surface area contributed by atoms with E-state index in [9.17, 15) is 9.90 Å². The van der Waals surface area contributed by atoms with Crippen LogP contribution in [0.4, 0.5) is 0 Å². The number of para-hydroxylation sites is 1. The van der Waals surface area contributed by atoms with Crippen molar-refractivity contribution in [3.05, 3.63) is 72.3 Å². The number of rotatable bonds is 4. The van der Waals surface area contributed by atoms with Gasteiger partial charge in [0.05, 0.1) is 5.56 Å². The number of esters is 1. The molecule has 3 heteroatoms. The molecule has 2 rings (SSSR count). The van der Waals surface area contributed by atoms with Gasteiger partial charge in [-0.15, -0.1) is 6.58 Å². The molecule has 0 aliphatic carbocycles. The zero-order valence-corrected chi connectivity index (χ0v) is 10.4. The molecule has 0 saturated carbocycles. The molecule has 0 radical (unpaired) electrons. The molecule has 0 aliphatic rings. The minimum Gasteiger partial charge on any atom is -0.508 e. The van der Waals surface area contributed by atoms with Gasteiger partial charge in [0, 0.05) is 0 Å². The van der Waals surface area contributed by atoms with E-state index >= 15 is 0 Å². The third-order valence-electron chi connectivity index (χ3n) is 2.63. The molecule has 0 spiro atoms. The Morgan fingerprint density at radius 1 is 1.21 bits per heavy atom. The standard InChI is InChI=1S/C16H14O3/c1-2-6-12-11-13(17)9-10-15(12)16(18)19-14-7-4-3-5-8-14/h2-5,7-11,17H,1,6H2. The lowest BCUT2D eigenvalue weighted by Crippen LogP contribution is -2.11. The minimum atomic E-state index is -0.442. The van der Waals surface area contributed by atoms with E-state index in [1.165, 1.54) is 6.07 Å². The fourth-order valence-electron chi connectivity index (χ4n) is 1.75. The lowest BCUT2D eigenvalue weighted by molar-refractivity contribution is 0.0734. The van der Waals surface area contributed by atoms with Gasteiger partial charge in [-0.25, -0.2) is 4.79 Å². The molecule has 19 heavy (non-hydrogen) atoms. The van der Waals surface area contributed by atoms with Crippen molar-refractivity contribution in [2.24, 2.45) is 0 Å². The fraction of sp³-hybridized carbons (Fsp3) is 0.0625. The number of carbonyl (C=O) groups is 1. The number of phenolic OH excluding ortho intramolecular Hbond substituents is 1. The summed E-state index contributed by atoms with van der Waals surface area (Å²) in [6, 6.07) is 13.4. The second-order valence-electron chi connectivity index (χ2n) is 4.04. The molecule has 0 heterocycles. The van der Waals surface area contributed by atoms with Gasteiger partial charge in [0.1, 0.15) is 11.5 Å². The highest BCUT2D eigenvalue weighted by molar-refractivity contribution is 5.93. The molecule has 0 bridgehead atoms. The third-order valence-corrected chi connectivity index (χ3v) is 2.63. The van der Waals surface area contributed by atoms with Crippen LogP contribution in [0.5, 0.6) is 11.5 Å². The average Bonchev–Trinajstić information content (AvgIpc) is 2.40. The number of allylic oxidation sites excluding steroid dienone is 1. The van der Waals surface area contributed by atoms with Gasteiger partial charge < -0.3 is 9.84 Å². The normalized spacial score (nSPS) is 9.89. The third kappa shape index (κ3) is 3.22. The predicted molar refractivity (Wildman–Crippen MR) is 73.4 cm³/mol. The Morgan fingerprint density at radius 3 is 2.63 bits per heavy atom. The van der Waals surface area contributed by atoms with Crippen LogP contribution in [0.25, 0.3) is 0 Å². The first-order valence-corrected chi connectivity index (χ1v) is 5.90. The number of hydrogen-bond donors (Lipinski definition) is 1. The van der Waals surface area contributed by atoms with Crippen LogP contribution in [0, 0.1) is 0 Å². The van der Waals surface area contributed by atoms with E-state index in [1.807, 2.05) is 6.07 Å². The van der Waals surface area contributed by atoms with Crippen molar-refractivity contribution in [2.45, 2.75) is 6.42 Å². The quantitative estimate of drug-likeness (QED) is 0.517. The molecule has 2 aromatic carbocycles. The van der Waals surface area contributed by atoms with Crippen LogP contribution in [0.15, 0.2) is 61.2 Å². The van der Waals surface area contributed by atoms with E-state index in [1.54, 1.807) is 42.5 Å². The fourth-order valence-corrected chi connectivity index (χ4v) is 1.75. The molecule has 0 fully saturated rings. The van der Waals surface area contributed by atoms with E-state index in [0.29, 0.717) is 23.3 Å². The summed E-state index contributed by atoms with van der Waals surface area (Å²) in [5.41, 5.74) is 1.12. The Morgan fingerprint density at radius 2 is 1.95 bits per heavy atom. The van der Waals surface area contributed by atoms with E-state index < -0.39 is 5.97 Å². The van der Waals surface area contributed by atoms with Crippen molar-refractivity contribution in [1.29, 1.82) is 0 Å². The topological polar surface area (TPSA) is 46.5 Å². The van der Waals surface area contributed by atoms with Crippen molar-refractivity contribution in [3.8, 4) is 11.5 Å². The van der Waals surface area contributed by atoms with Crippen LogP contribution in [-0.2, 0) is 6.42 Å². The van der Waals surface area contributed by atoms with Crippen LogP contribution in [0.2, 0.25) is 0 Å². The molecule has 3 nitrogen and oxygen atoms in total. The van der Waals surface area contributed by atoms with Crippen LogP contribution in [0.1, 0.15) is 15.9 Å². The number of phenols is 1. The molecule has 0 aromatic heterocycles. The number of aromatic hydroxyl groups is 1. The number of benzene rings is 2. The monoisotopic (exact) mass is 254 g/mol. The molecule has 2 aromatic rings. The highest BCUT2D eigenvalue weighted by Gasteiger charge is 2.13. The van der Waals surface area contributed by atoms with Crippen molar-refractivity contribution in [1.82, 2.24) is 0 Å². The zero-order valence-electron chi connectivity index (χ0n) is 10.4. The van der Waals surface area contributed by atoms with Crippen LogP contribution >= 0.6 is 0 Å². The Balaban J connectivity index is 2.26. The molecule has 0 amide bonds. The summed E-state index contributed by atoms with van der Waals surface area (Å²) in [5.74, 6) is 0.168. The molecular formula is C16H14O3. The van der Waals surface area contributed by atoms with Crippen LogP contribution < -0.4 is 4.74 Å². The summed E-state index contributed by atoms with van der Waals surface area (Å²) in [7, 11) is 0. The summed E-state index contributed by atoms with van der Waals surface area (Å²) >= 11 is 0. The SMILES string of the molecule is C=CCc1cc(O)ccc1C(=O)Oc1ccccc1. The second-order valence-corrected chi connectivity index (χ2v) is 4.04. The van der Waals surface area contributed by atoms with Gasteiger partial charge in [-0.1, -0.05) is 24.3 Å².